The maximum absolute atomic E-state index is 11.7. The van der Waals surface area contributed by atoms with Crippen LogP contribution in [0, 0.1) is 0 Å². The molecule has 122 valence electrons. The van der Waals surface area contributed by atoms with E-state index < -0.39 is 23.8 Å². The molecule has 0 radical (unpaired) electrons. The summed E-state index contributed by atoms with van der Waals surface area (Å²) in [7, 11) is 1.23. The van der Waals surface area contributed by atoms with Crippen molar-refractivity contribution in [2.75, 3.05) is 12.4 Å². The second-order valence-corrected chi connectivity index (χ2v) is 6.07. The number of hydrogen-bond acceptors (Lipinski definition) is 5. The van der Waals surface area contributed by atoms with Gasteiger partial charge in [-0.25, -0.2) is 4.79 Å². The van der Waals surface area contributed by atoms with Crippen molar-refractivity contribution in [2.45, 2.75) is 38.9 Å². The van der Waals surface area contributed by atoms with Gasteiger partial charge in [-0.05, 0) is 39.0 Å². The molecule has 0 aliphatic rings. The largest absolute Gasteiger partial charge is 0.469 e. The number of amides is 1. The van der Waals surface area contributed by atoms with Crippen molar-refractivity contribution in [2.24, 2.45) is 0 Å². The number of halogens is 1. The van der Waals surface area contributed by atoms with E-state index in [1.807, 2.05) is 0 Å². The van der Waals surface area contributed by atoms with Gasteiger partial charge in [-0.15, -0.1) is 0 Å². The molecule has 0 fully saturated rings. The van der Waals surface area contributed by atoms with E-state index >= 15 is 0 Å². The van der Waals surface area contributed by atoms with Crippen LogP contribution in [0.1, 0.15) is 38.9 Å². The molecule has 0 aliphatic heterocycles. The van der Waals surface area contributed by atoms with Gasteiger partial charge in [0.05, 0.1) is 19.6 Å². The number of aliphatic hydroxyl groups excluding tert-OH is 1. The van der Waals surface area contributed by atoms with Crippen molar-refractivity contribution in [3.63, 3.8) is 0 Å². The Balaban J connectivity index is 2.85. The molecule has 0 spiro atoms. The second kappa shape index (κ2) is 7.47. The smallest absolute Gasteiger partial charge is 0.412 e. The van der Waals surface area contributed by atoms with E-state index in [1.54, 1.807) is 26.8 Å². The normalized spacial score (nSPS) is 12.5. The molecule has 2 N–H and O–H groups in total. The van der Waals surface area contributed by atoms with Crippen LogP contribution in [0.3, 0.4) is 0 Å². The molecular formula is C15H20ClNO5. The highest BCUT2D eigenvalue weighted by Gasteiger charge is 2.19. The molecule has 0 heterocycles. The number of esters is 1. The Hall–Kier alpha value is -1.79. The van der Waals surface area contributed by atoms with E-state index in [2.05, 4.69) is 10.1 Å². The summed E-state index contributed by atoms with van der Waals surface area (Å²) >= 11 is 6.00. The second-order valence-electron chi connectivity index (χ2n) is 5.66. The highest BCUT2D eigenvalue weighted by atomic mass is 35.5. The summed E-state index contributed by atoms with van der Waals surface area (Å²) in [5.74, 6) is -0.561. The Kier molecular flexibility index (Phi) is 6.20. The van der Waals surface area contributed by atoms with Gasteiger partial charge in [0.15, 0.2) is 0 Å². The standard InChI is InChI=1S/C15H20ClNO5/c1-15(2,3)22-14(20)17-9-5-6-11(16)10(7-9)12(18)8-13(19)21-4/h5-7,12,18H,8H2,1-4H3,(H,17,20)/t12-/m0/s1. The van der Waals surface area contributed by atoms with Gasteiger partial charge in [-0.3, -0.25) is 10.1 Å². The molecule has 6 nitrogen and oxygen atoms in total. The molecule has 0 saturated heterocycles. The average Bonchev–Trinajstić information content (AvgIpc) is 2.38. The van der Waals surface area contributed by atoms with Crippen LogP contribution >= 0.6 is 11.6 Å². The first-order valence-corrected chi connectivity index (χ1v) is 7.04. The van der Waals surface area contributed by atoms with Gasteiger partial charge in [0.25, 0.3) is 0 Å². The zero-order valence-corrected chi connectivity index (χ0v) is 13.7. The number of carbonyl (C=O) groups excluding carboxylic acids is 2. The molecule has 1 rings (SSSR count). The minimum absolute atomic E-state index is 0.230. The highest BCUT2D eigenvalue weighted by Crippen LogP contribution is 2.28. The zero-order chi connectivity index (χ0) is 16.9. The quantitative estimate of drug-likeness (QED) is 0.828. The third-order valence-corrected chi connectivity index (χ3v) is 2.93. The summed E-state index contributed by atoms with van der Waals surface area (Å²) in [6, 6.07) is 4.57. The number of carbonyl (C=O) groups is 2. The first kappa shape index (κ1) is 18.3. The molecule has 0 aromatic heterocycles. The summed E-state index contributed by atoms with van der Waals surface area (Å²) in [5.41, 5.74) is 0.0993. The van der Waals surface area contributed by atoms with E-state index in [4.69, 9.17) is 16.3 Å². The van der Waals surface area contributed by atoms with Crippen LogP contribution in [0.5, 0.6) is 0 Å². The van der Waals surface area contributed by atoms with Crippen LogP contribution in [0.25, 0.3) is 0 Å². The molecule has 0 saturated carbocycles. The summed E-state index contributed by atoms with van der Waals surface area (Å²) in [6.07, 6.45) is -1.98. The number of nitrogens with one attached hydrogen (secondary N) is 1. The molecule has 7 heteroatoms. The van der Waals surface area contributed by atoms with Crippen LogP contribution in [0.2, 0.25) is 5.02 Å². The molecule has 1 amide bonds. The fourth-order valence-electron chi connectivity index (χ4n) is 1.65. The first-order chi connectivity index (χ1) is 10.1. The number of anilines is 1. The van der Waals surface area contributed by atoms with Crippen molar-refractivity contribution in [1.29, 1.82) is 0 Å². The van der Waals surface area contributed by atoms with Crippen LogP contribution in [0.4, 0.5) is 10.5 Å². The Morgan fingerprint density at radius 2 is 2.00 bits per heavy atom. The summed E-state index contributed by atoms with van der Waals surface area (Å²) in [5, 5.41) is 12.8. The molecule has 1 atom stereocenters. The van der Waals surface area contributed by atoms with E-state index in [0.717, 1.165) is 0 Å². The van der Waals surface area contributed by atoms with Crippen LogP contribution < -0.4 is 5.32 Å². The Labute approximate surface area is 134 Å². The lowest BCUT2D eigenvalue weighted by Gasteiger charge is -2.20. The van der Waals surface area contributed by atoms with E-state index in [0.29, 0.717) is 11.3 Å². The van der Waals surface area contributed by atoms with Crippen LogP contribution in [0.15, 0.2) is 18.2 Å². The van der Waals surface area contributed by atoms with E-state index in [-0.39, 0.29) is 11.4 Å². The number of aliphatic hydroxyl groups is 1. The Morgan fingerprint density at radius 1 is 1.36 bits per heavy atom. The lowest BCUT2D eigenvalue weighted by atomic mass is 10.1. The Bertz CT molecular complexity index is 553. The van der Waals surface area contributed by atoms with Gasteiger partial charge < -0.3 is 14.6 Å². The van der Waals surface area contributed by atoms with E-state index in [1.165, 1.54) is 19.2 Å². The van der Waals surface area contributed by atoms with Gasteiger partial charge >= 0.3 is 12.1 Å². The zero-order valence-electron chi connectivity index (χ0n) is 13.0. The maximum Gasteiger partial charge on any atom is 0.412 e. The molecule has 0 unspecified atom stereocenters. The Morgan fingerprint density at radius 3 is 2.55 bits per heavy atom. The minimum Gasteiger partial charge on any atom is -0.469 e. The van der Waals surface area contributed by atoms with Crippen LogP contribution in [-0.4, -0.2) is 29.9 Å². The lowest BCUT2D eigenvalue weighted by molar-refractivity contribution is -0.142. The molecule has 0 aliphatic carbocycles. The summed E-state index contributed by atoms with van der Waals surface area (Å²) in [6.45, 7) is 5.25. The summed E-state index contributed by atoms with van der Waals surface area (Å²) < 4.78 is 9.63. The molecule has 0 bridgehead atoms. The van der Waals surface area contributed by atoms with E-state index in [9.17, 15) is 14.7 Å². The average molecular weight is 330 g/mol. The number of methoxy groups -OCH3 is 1. The van der Waals surface area contributed by atoms with Gasteiger partial charge in [0.2, 0.25) is 0 Å². The fourth-order valence-corrected chi connectivity index (χ4v) is 1.89. The fraction of sp³-hybridized carbons (Fsp3) is 0.467. The van der Waals surface area contributed by atoms with Gasteiger partial charge in [-0.2, -0.15) is 0 Å². The predicted molar refractivity (Wildman–Crippen MR) is 82.9 cm³/mol. The molecule has 1 aromatic rings. The third-order valence-electron chi connectivity index (χ3n) is 2.59. The van der Waals surface area contributed by atoms with Crippen LogP contribution in [-0.2, 0) is 14.3 Å². The van der Waals surface area contributed by atoms with Gasteiger partial charge in [0.1, 0.15) is 5.60 Å². The van der Waals surface area contributed by atoms with Gasteiger partial charge in [-0.1, -0.05) is 11.6 Å². The topological polar surface area (TPSA) is 84.9 Å². The molecule has 1 aromatic carbocycles. The van der Waals surface area contributed by atoms with Gasteiger partial charge in [0, 0.05) is 16.3 Å². The van der Waals surface area contributed by atoms with Crippen molar-refractivity contribution in [3.05, 3.63) is 28.8 Å². The lowest BCUT2D eigenvalue weighted by Crippen LogP contribution is -2.27. The maximum atomic E-state index is 11.7. The predicted octanol–water partition coefficient (Wildman–Crippen LogP) is 3.28. The third kappa shape index (κ3) is 5.91. The number of ether oxygens (including phenoxy) is 2. The summed E-state index contributed by atoms with van der Waals surface area (Å²) in [4.78, 5) is 22.9. The monoisotopic (exact) mass is 329 g/mol. The minimum atomic E-state index is -1.12. The first-order valence-electron chi connectivity index (χ1n) is 6.66. The number of hydrogen-bond donors (Lipinski definition) is 2. The van der Waals surface area contributed by atoms with Crippen molar-refractivity contribution in [1.82, 2.24) is 0 Å². The van der Waals surface area contributed by atoms with Crippen molar-refractivity contribution < 1.29 is 24.2 Å². The molecule has 22 heavy (non-hydrogen) atoms. The van der Waals surface area contributed by atoms with Crippen molar-refractivity contribution >= 4 is 29.4 Å². The number of benzene rings is 1. The SMILES string of the molecule is COC(=O)C[C@H](O)c1cc(NC(=O)OC(C)(C)C)ccc1Cl. The molecular weight excluding hydrogens is 310 g/mol. The van der Waals surface area contributed by atoms with Crippen molar-refractivity contribution in [3.8, 4) is 0 Å². The number of rotatable bonds is 4. The highest BCUT2D eigenvalue weighted by molar-refractivity contribution is 6.31.